The van der Waals surface area contributed by atoms with E-state index in [1.165, 1.54) is 34.0 Å². The molecule has 6 aromatic carbocycles. The second-order valence-electron chi connectivity index (χ2n) is 13.5. The molecule has 258 valence electrons. The molecule has 6 aromatic rings. The van der Waals surface area contributed by atoms with Crippen LogP contribution in [0.2, 0.25) is 0 Å². The number of carbonyl (C=O) groups excluding carboxylic acids is 2. The van der Waals surface area contributed by atoms with E-state index in [4.69, 9.17) is 9.47 Å². The maximum absolute atomic E-state index is 13.4. The van der Waals surface area contributed by atoms with Gasteiger partial charge in [0.2, 0.25) is 0 Å². The normalized spacial score (nSPS) is 19.0. The summed E-state index contributed by atoms with van der Waals surface area (Å²) < 4.78 is 13.5. The summed E-state index contributed by atoms with van der Waals surface area (Å²) in [6, 6.07) is 41.4. The molecule has 0 bridgehead atoms. The number of aliphatic hydroxyl groups is 1. The Hall–Kier alpha value is -5.18. The first-order valence-electron chi connectivity index (χ1n) is 17.4. The molecule has 51 heavy (non-hydrogen) atoms. The molecule has 7 nitrogen and oxygen atoms in total. The van der Waals surface area contributed by atoms with Crippen LogP contribution in [0.25, 0.3) is 21.5 Å². The number of aliphatic hydroxyl groups excluding tert-OH is 1. The second-order valence-corrected chi connectivity index (χ2v) is 13.5. The first-order chi connectivity index (χ1) is 24.8. The van der Waals surface area contributed by atoms with Gasteiger partial charge in [0.1, 0.15) is 0 Å². The molecule has 1 aliphatic heterocycles. The number of anilines is 1. The number of ketones is 1. The number of Topliss-reactive ketones (excluding diaryl/α,β-unsaturated/α-hetero) is 1. The van der Waals surface area contributed by atoms with E-state index in [1.807, 2.05) is 36.4 Å². The molecule has 1 saturated heterocycles. The summed E-state index contributed by atoms with van der Waals surface area (Å²) in [5, 5.41) is 17.5. The molecule has 2 N–H and O–H groups in total. The van der Waals surface area contributed by atoms with Gasteiger partial charge in [0.05, 0.1) is 18.8 Å². The summed E-state index contributed by atoms with van der Waals surface area (Å²) in [7, 11) is 2.13. The van der Waals surface area contributed by atoms with E-state index >= 15 is 0 Å². The molecule has 0 radical (unpaired) electrons. The fourth-order valence-corrected chi connectivity index (χ4v) is 7.09. The minimum Gasteiger partial charge on any atom is -0.392 e. The highest BCUT2D eigenvalue weighted by atomic mass is 16.7. The molecular weight excluding hydrogens is 636 g/mol. The lowest BCUT2D eigenvalue weighted by molar-refractivity contribution is -0.276. The standard InChI is InChI=1S/C44H42N2O5/c1-28-41(26-46(3)25-40-38-16-6-4-10-33(38)22-34-11-5-7-17-39(34)40)50-44(51-42(28)31-20-18-30(27-47)19-21-31)36-14-8-13-35(23-36)43(49)45-37-15-9-12-32(24-37)29(2)48/h4-24,28,41-42,44,47H,25-27H2,1-3H3,(H,45,49)/t28-,41+,42+,44?/m0/s1. The fraction of sp³-hybridized carbons (Fsp3) is 0.227. The number of carbonyl (C=O) groups is 2. The molecule has 4 atom stereocenters. The first kappa shape index (κ1) is 34.3. The van der Waals surface area contributed by atoms with Crippen molar-refractivity contribution in [3.63, 3.8) is 0 Å². The SMILES string of the molecule is CC(=O)c1cccc(NC(=O)c2cccc(C3O[C@H](CN(C)Cc4c5ccccc5cc5ccccc45)[C@H](C)[C@H](c4ccc(CO)cc4)O3)c2)c1. The number of hydrogen-bond donors (Lipinski definition) is 2. The first-order valence-corrected chi connectivity index (χ1v) is 17.4. The second kappa shape index (κ2) is 15.0. The number of amides is 1. The summed E-state index contributed by atoms with van der Waals surface area (Å²) in [4.78, 5) is 27.6. The van der Waals surface area contributed by atoms with Gasteiger partial charge in [-0.1, -0.05) is 104 Å². The van der Waals surface area contributed by atoms with E-state index in [0.717, 1.165) is 23.2 Å². The molecule has 0 spiro atoms. The van der Waals surface area contributed by atoms with Crippen LogP contribution in [0, 0.1) is 5.92 Å². The lowest BCUT2D eigenvalue weighted by Gasteiger charge is -2.42. The maximum Gasteiger partial charge on any atom is 0.255 e. The van der Waals surface area contributed by atoms with Crippen LogP contribution in [0.4, 0.5) is 5.69 Å². The minimum absolute atomic E-state index is 0.00651. The predicted molar refractivity (Wildman–Crippen MR) is 202 cm³/mol. The third kappa shape index (κ3) is 7.48. The number of hydrogen-bond acceptors (Lipinski definition) is 6. The number of likely N-dealkylation sites (N-methyl/N-ethyl adjacent to an activating group) is 1. The van der Waals surface area contributed by atoms with Crippen LogP contribution in [0.15, 0.2) is 127 Å². The Balaban J connectivity index is 1.17. The molecule has 7 heteroatoms. The monoisotopic (exact) mass is 678 g/mol. The molecular formula is C44H42N2O5. The fourth-order valence-electron chi connectivity index (χ4n) is 7.09. The van der Waals surface area contributed by atoms with E-state index in [-0.39, 0.29) is 36.4 Å². The Morgan fingerprint density at radius 3 is 2.10 bits per heavy atom. The van der Waals surface area contributed by atoms with E-state index in [1.54, 1.807) is 36.4 Å². The van der Waals surface area contributed by atoms with Crippen LogP contribution in [-0.2, 0) is 22.6 Å². The van der Waals surface area contributed by atoms with Crippen molar-refractivity contribution in [2.45, 2.75) is 45.5 Å². The maximum atomic E-state index is 13.4. The minimum atomic E-state index is -0.728. The highest BCUT2D eigenvalue weighted by Gasteiger charge is 2.39. The Morgan fingerprint density at radius 1 is 0.745 bits per heavy atom. The van der Waals surface area contributed by atoms with E-state index in [0.29, 0.717) is 23.4 Å². The molecule has 1 fully saturated rings. The zero-order valence-corrected chi connectivity index (χ0v) is 29.1. The number of nitrogens with zero attached hydrogens (tertiary/aromatic N) is 1. The molecule has 0 saturated carbocycles. The van der Waals surface area contributed by atoms with Gasteiger partial charge in [-0.25, -0.2) is 0 Å². The van der Waals surface area contributed by atoms with Crippen LogP contribution in [0.1, 0.15) is 69.2 Å². The zero-order valence-electron chi connectivity index (χ0n) is 29.1. The van der Waals surface area contributed by atoms with Crippen molar-refractivity contribution >= 4 is 38.9 Å². The van der Waals surface area contributed by atoms with Gasteiger partial charge in [0.25, 0.3) is 5.91 Å². The quantitative estimate of drug-likeness (QED) is 0.111. The number of rotatable bonds is 10. The Kier molecular flexibility index (Phi) is 10.1. The number of benzene rings is 6. The number of fused-ring (bicyclic) bond motifs is 2. The smallest absolute Gasteiger partial charge is 0.255 e. The van der Waals surface area contributed by atoms with Gasteiger partial charge in [-0.15, -0.1) is 0 Å². The van der Waals surface area contributed by atoms with Crippen LogP contribution in [0.3, 0.4) is 0 Å². The highest BCUT2D eigenvalue weighted by Crippen LogP contribution is 2.42. The highest BCUT2D eigenvalue weighted by molar-refractivity contribution is 6.05. The summed E-state index contributed by atoms with van der Waals surface area (Å²) in [5.41, 5.74) is 5.38. The Labute approximate surface area is 298 Å². The van der Waals surface area contributed by atoms with Crippen molar-refractivity contribution in [2.75, 3.05) is 18.9 Å². The Bertz CT molecular complexity index is 2140. The zero-order chi connectivity index (χ0) is 35.5. The molecule has 1 unspecified atom stereocenters. The predicted octanol–water partition coefficient (Wildman–Crippen LogP) is 8.86. The molecule has 0 aliphatic carbocycles. The van der Waals surface area contributed by atoms with Crippen molar-refractivity contribution in [3.8, 4) is 0 Å². The molecule has 1 amide bonds. The van der Waals surface area contributed by atoms with Crippen LogP contribution < -0.4 is 5.32 Å². The summed E-state index contributed by atoms with van der Waals surface area (Å²) in [5.74, 6) is -0.371. The lowest BCUT2D eigenvalue weighted by atomic mass is 9.89. The average molecular weight is 679 g/mol. The van der Waals surface area contributed by atoms with Crippen LogP contribution in [0.5, 0.6) is 0 Å². The summed E-state index contributed by atoms with van der Waals surface area (Å²) in [6.07, 6.45) is -1.22. The Morgan fingerprint density at radius 2 is 1.41 bits per heavy atom. The summed E-state index contributed by atoms with van der Waals surface area (Å²) in [6.45, 7) is 5.01. The molecule has 0 aromatic heterocycles. The van der Waals surface area contributed by atoms with Gasteiger partial charge in [0.15, 0.2) is 12.1 Å². The van der Waals surface area contributed by atoms with Crippen molar-refractivity contribution in [1.82, 2.24) is 4.90 Å². The average Bonchev–Trinajstić information content (AvgIpc) is 3.15. The summed E-state index contributed by atoms with van der Waals surface area (Å²) >= 11 is 0. The van der Waals surface area contributed by atoms with Gasteiger partial charge in [-0.2, -0.15) is 0 Å². The third-order valence-corrected chi connectivity index (χ3v) is 9.87. The van der Waals surface area contributed by atoms with E-state index in [2.05, 4.69) is 78.8 Å². The van der Waals surface area contributed by atoms with E-state index < -0.39 is 6.29 Å². The third-order valence-electron chi connectivity index (χ3n) is 9.87. The van der Waals surface area contributed by atoms with Crippen LogP contribution in [-0.4, -0.2) is 41.4 Å². The van der Waals surface area contributed by atoms with Gasteiger partial charge < -0.3 is 19.9 Å². The topological polar surface area (TPSA) is 88.1 Å². The van der Waals surface area contributed by atoms with Gasteiger partial charge >= 0.3 is 0 Å². The van der Waals surface area contributed by atoms with Crippen molar-refractivity contribution < 1.29 is 24.2 Å². The molecule has 7 rings (SSSR count). The van der Waals surface area contributed by atoms with Crippen LogP contribution >= 0.6 is 0 Å². The van der Waals surface area contributed by atoms with Crippen molar-refractivity contribution in [1.29, 1.82) is 0 Å². The van der Waals surface area contributed by atoms with Gasteiger partial charge in [-0.05, 0) is 82.5 Å². The van der Waals surface area contributed by atoms with Gasteiger partial charge in [-0.3, -0.25) is 14.5 Å². The van der Waals surface area contributed by atoms with E-state index in [9.17, 15) is 14.7 Å². The van der Waals surface area contributed by atoms with Gasteiger partial charge in [0, 0.05) is 41.4 Å². The molecule has 1 aliphatic rings. The van der Waals surface area contributed by atoms with Crippen molar-refractivity contribution in [2.24, 2.45) is 5.92 Å². The molecule has 1 heterocycles. The van der Waals surface area contributed by atoms with Crippen molar-refractivity contribution in [3.05, 3.63) is 161 Å². The largest absolute Gasteiger partial charge is 0.392 e. The lowest BCUT2D eigenvalue weighted by Crippen LogP contribution is -2.43. The number of nitrogens with one attached hydrogen (secondary N) is 1. The number of ether oxygens (including phenoxy) is 2.